The summed E-state index contributed by atoms with van der Waals surface area (Å²) in [6.45, 7) is 0. The van der Waals surface area contributed by atoms with Crippen LogP contribution in [0.4, 0.5) is 17.1 Å². The molecule has 0 aliphatic rings. The van der Waals surface area contributed by atoms with Gasteiger partial charge in [0.15, 0.2) is 0 Å². The monoisotopic (exact) mass is 990 g/mol. The first kappa shape index (κ1) is 45.1. The molecule has 0 atom stereocenters. The summed E-state index contributed by atoms with van der Waals surface area (Å²) in [6, 6.07) is 111. The van der Waals surface area contributed by atoms with Crippen LogP contribution in [0.3, 0.4) is 0 Å². The summed E-state index contributed by atoms with van der Waals surface area (Å²) in [6.07, 6.45) is 0. The minimum atomic E-state index is 1.09. The van der Waals surface area contributed by atoms with Gasteiger partial charge in [0, 0.05) is 33.5 Å². The first-order valence-electron chi connectivity index (χ1n) is 26.9. The third-order valence-electron chi connectivity index (χ3n) is 16.0. The minimum Gasteiger partial charge on any atom is -0.311 e. The molecule has 364 valence electrons. The van der Waals surface area contributed by atoms with Gasteiger partial charge in [-0.3, -0.25) is 0 Å². The van der Waals surface area contributed by atoms with Crippen LogP contribution in [0.5, 0.6) is 0 Å². The maximum atomic E-state index is 2.46. The smallest absolute Gasteiger partial charge is 0.0541 e. The molecule has 0 bridgehead atoms. The summed E-state index contributed by atoms with van der Waals surface area (Å²) in [7, 11) is 0. The quantitative estimate of drug-likeness (QED) is 0.131. The van der Waals surface area contributed by atoms with Crippen LogP contribution in [0.1, 0.15) is 0 Å². The number of anilines is 3. The Morgan fingerprint density at radius 2 is 0.564 bits per heavy atom. The molecule has 0 unspecified atom stereocenters. The first-order valence-corrected chi connectivity index (χ1v) is 26.9. The van der Waals surface area contributed by atoms with Crippen molar-refractivity contribution in [2.24, 2.45) is 0 Å². The first-order chi connectivity index (χ1) is 38.7. The molecule has 0 N–H and O–H groups in total. The number of fused-ring (bicyclic) bond motifs is 10. The van der Waals surface area contributed by atoms with E-state index in [9.17, 15) is 0 Å². The van der Waals surface area contributed by atoms with Gasteiger partial charge in [-0.1, -0.05) is 224 Å². The topological polar surface area (TPSA) is 8.17 Å². The molecule has 15 rings (SSSR count). The molecule has 0 amide bonds. The lowest BCUT2D eigenvalue weighted by molar-refractivity contribution is 1.18. The molecular weight excluding hydrogens is 941 g/mol. The number of hydrogen-bond acceptors (Lipinski definition) is 1. The van der Waals surface area contributed by atoms with Gasteiger partial charge in [-0.05, 0) is 178 Å². The summed E-state index contributed by atoms with van der Waals surface area (Å²) in [5.74, 6) is 0. The van der Waals surface area contributed by atoms with E-state index < -0.39 is 0 Å². The lowest BCUT2D eigenvalue weighted by atomic mass is 9.92. The van der Waals surface area contributed by atoms with Crippen molar-refractivity contribution in [3.05, 3.63) is 303 Å². The molecule has 0 aliphatic heterocycles. The molecule has 0 saturated heterocycles. The van der Waals surface area contributed by atoms with Crippen LogP contribution in [0.15, 0.2) is 303 Å². The molecule has 2 nitrogen and oxygen atoms in total. The molecule has 78 heavy (non-hydrogen) atoms. The van der Waals surface area contributed by atoms with Crippen molar-refractivity contribution in [3.8, 4) is 61.3 Å². The van der Waals surface area contributed by atoms with E-state index >= 15 is 0 Å². The highest BCUT2D eigenvalue weighted by Gasteiger charge is 2.19. The van der Waals surface area contributed by atoms with Crippen molar-refractivity contribution in [1.82, 2.24) is 4.57 Å². The van der Waals surface area contributed by atoms with Crippen LogP contribution in [0, 0.1) is 0 Å². The molecule has 14 aromatic carbocycles. The number of rotatable bonds is 9. The third kappa shape index (κ3) is 7.81. The van der Waals surface area contributed by atoms with E-state index in [1.807, 2.05) is 0 Å². The van der Waals surface area contributed by atoms with Gasteiger partial charge in [-0.15, -0.1) is 0 Å². The summed E-state index contributed by atoms with van der Waals surface area (Å²) >= 11 is 0. The van der Waals surface area contributed by atoms with Gasteiger partial charge in [0.2, 0.25) is 0 Å². The van der Waals surface area contributed by atoms with Crippen LogP contribution in [-0.4, -0.2) is 4.57 Å². The maximum absolute atomic E-state index is 2.46. The average Bonchev–Trinajstić information content (AvgIpc) is 4.08. The Bertz CT molecular complexity index is 4620. The molecule has 1 aromatic heterocycles. The van der Waals surface area contributed by atoms with Crippen molar-refractivity contribution >= 4 is 82.0 Å². The van der Waals surface area contributed by atoms with Crippen LogP contribution < -0.4 is 4.90 Å². The second-order valence-electron chi connectivity index (χ2n) is 20.4. The fourth-order valence-electron chi connectivity index (χ4n) is 12.2. The SMILES string of the molecule is c1ccc(-c2ccc(N(c3ccc(-c4ccccc4)cc3)c3ccc(-c4ccc5c(c4)c4cc(-c6cccc7ccccc67)ccc4n5-c4cccc(-c5ccc6c7ccccc7c7ccccc7c6c5)c4)cc3)cc2)cc1. The van der Waals surface area contributed by atoms with Crippen molar-refractivity contribution in [3.63, 3.8) is 0 Å². The molecule has 0 aliphatic carbocycles. The van der Waals surface area contributed by atoms with Crippen LogP contribution in [0.25, 0.3) is 126 Å². The Balaban J connectivity index is 0.848. The molecule has 2 heteroatoms. The van der Waals surface area contributed by atoms with Crippen molar-refractivity contribution < 1.29 is 0 Å². The Kier molecular flexibility index (Phi) is 10.9. The summed E-state index contributed by atoms with van der Waals surface area (Å²) < 4.78 is 2.46. The molecule has 15 aromatic rings. The van der Waals surface area contributed by atoms with Crippen molar-refractivity contribution in [1.29, 1.82) is 0 Å². The minimum absolute atomic E-state index is 1.09. The highest BCUT2D eigenvalue weighted by molar-refractivity contribution is 6.26. The largest absolute Gasteiger partial charge is 0.311 e. The van der Waals surface area contributed by atoms with E-state index in [2.05, 4.69) is 313 Å². The van der Waals surface area contributed by atoms with Gasteiger partial charge < -0.3 is 9.47 Å². The average molecular weight is 991 g/mol. The van der Waals surface area contributed by atoms with Gasteiger partial charge in [0.1, 0.15) is 0 Å². The van der Waals surface area contributed by atoms with Gasteiger partial charge in [-0.25, -0.2) is 0 Å². The predicted octanol–water partition coefficient (Wildman–Crippen LogP) is 21.2. The van der Waals surface area contributed by atoms with Crippen molar-refractivity contribution in [2.75, 3.05) is 4.90 Å². The predicted molar refractivity (Wildman–Crippen MR) is 333 cm³/mol. The zero-order valence-corrected chi connectivity index (χ0v) is 42.8. The van der Waals surface area contributed by atoms with Crippen molar-refractivity contribution in [2.45, 2.75) is 0 Å². The van der Waals surface area contributed by atoms with E-state index in [-0.39, 0.29) is 0 Å². The Hall–Kier alpha value is -10.3. The second kappa shape index (κ2) is 18.8. The fourth-order valence-corrected chi connectivity index (χ4v) is 12.2. The standard InChI is InChI=1S/C76H50N2/c1-3-15-51(16-4-1)53-29-38-61(39-30-53)77(62-40-31-54(32-41-62)52-17-5-2-6-18-52)63-42-33-55(34-43-63)58-36-45-75-73(49-58)74-50-60(66-28-14-20-56-19-7-8-23-65(56)66)37-46-76(74)78(75)64-22-13-21-57(47-64)59-35-44-71-69-26-10-9-24-67(69)68-25-11-12-27-70(68)72(71)48-59/h1-50H. The molecule has 0 saturated carbocycles. The molecule has 0 spiro atoms. The second-order valence-corrected chi connectivity index (χ2v) is 20.4. The number of hydrogen-bond donors (Lipinski definition) is 0. The normalized spacial score (nSPS) is 11.6. The third-order valence-corrected chi connectivity index (χ3v) is 16.0. The Labute approximate surface area is 453 Å². The highest BCUT2D eigenvalue weighted by Crippen LogP contribution is 2.43. The summed E-state index contributed by atoms with van der Waals surface area (Å²) in [4.78, 5) is 2.36. The number of aromatic nitrogens is 1. The van der Waals surface area contributed by atoms with E-state index in [0.29, 0.717) is 0 Å². The Morgan fingerprint density at radius 1 is 0.205 bits per heavy atom. The van der Waals surface area contributed by atoms with E-state index in [4.69, 9.17) is 0 Å². The summed E-state index contributed by atoms with van der Waals surface area (Å²) in [5.41, 5.74) is 18.7. The molecule has 1 heterocycles. The van der Waals surface area contributed by atoms with Crippen LogP contribution in [0.2, 0.25) is 0 Å². The zero-order valence-electron chi connectivity index (χ0n) is 42.8. The fraction of sp³-hybridized carbons (Fsp3) is 0. The number of benzene rings is 14. The number of nitrogens with zero attached hydrogens (tertiary/aromatic N) is 2. The molecular formula is C76H50N2. The van der Waals surface area contributed by atoms with Gasteiger partial charge in [0.05, 0.1) is 11.0 Å². The van der Waals surface area contributed by atoms with E-state index in [0.717, 1.165) is 33.8 Å². The molecule has 0 fully saturated rings. The Morgan fingerprint density at radius 3 is 1.14 bits per heavy atom. The zero-order chi connectivity index (χ0) is 51.5. The highest BCUT2D eigenvalue weighted by atomic mass is 15.1. The van der Waals surface area contributed by atoms with Crippen LogP contribution in [-0.2, 0) is 0 Å². The lowest BCUT2D eigenvalue weighted by Crippen LogP contribution is -2.09. The summed E-state index contributed by atoms with van der Waals surface area (Å²) in [5, 5.41) is 12.6. The van der Waals surface area contributed by atoms with E-state index in [1.54, 1.807) is 0 Å². The van der Waals surface area contributed by atoms with Gasteiger partial charge in [0.25, 0.3) is 0 Å². The maximum Gasteiger partial charge on any atom is 0.0541 e. The van der Waals surface area contributed by atoms with E-state index in [1.165, 1.54) is 109 Å². The van der Waals surface area contributed by atoms with Crippen LogP contribution >= 0.6 is 0 Å². The lowest BCUT2D eigenvalue weighted by Gasteiger charge is -2.26. The van der Waals surface area contributed by atoms with Gasteiger partial charge in [-0.2, -0.15) is 0 Å². The molecule has 0 radical (unpaired) electrons. The van der Waals surface area contributed by atoms with Gasteiger partial charge >= 0.3 is 0 Å².